The summed E-state index contributed by atoms with van der Waals surface area (Å²) in [6.45, 7) is 3.64. The van der Waals surface area contributed by atoms with Crippen molar-refractivity contribution in [3.63, 3.8) is 0 Å². The quantitative estimate of drug-likeness (QED) is 0.120. The SMILES string of the molecule is COc1cccc(/C=C(/NC(=O)c2ccccc2)C(=O)Nc2cccc(SC(C)C(=O)Nc3cccc(Cl)c3C)c2)c1OC. The Bertz CT molecular complexity index is 1690. The number of methoxy groups -OCH3 is 2. The molecule has 0 saturated heterocycles. The molecule has 44 heavy (non-hydrogen) atoms. The molecule has 10 heteroatoms. The molecule has 4 aromatic rings. The van der Waals surface area contributed by atoms with E-state index in [-0.39, 0.29) is 11.6 Å². The third-order valence-corrected chi connectivity index (χ3v) is 8.06. The molecule has 8 nitrogen and oxygen atoms in total. The summed E-state index contributed by atoms with van der Waals surface area (Å²) >= 11 is 7.53. The molecule has 0 aliphatic carbocycles. The second kappa shape index (κ2) is 15.1. The topological polar surface area (TPSA) is 106 Å². The number of hydrogen-bond acceptors (Lipinski definition) is 6. The Kier molecular flexibility index (Phi) is 11.1. The van der Waals surface area contributed by atoms with Crippen LogP contribution >= 0.6 is 23.4 Å². The number of thioether (sulfide) groups is 1. The first kappa shape index (κ1) is 32.2. The molecular formula is C34H32ClN3O5S. The van der Waals surface area contributed by atoms with Crippen LogP contribution in [0, 0.1) is 6.92 Å². The van der Waals surface area contributed by atoms with Crippen molar-refractivity contribution in [2.45, 2.75) is 24.0 Å². The Morgan fingerprint density at radius 2 is 1.59 bits per heavy atom. The molecule has 4 aromatic carbocycles. The fourth-order valence-corrected chi connectivity index (χ4v) is 5.30. The van der Waals surface area contributed by atoms with Crippen LogP contribution in [0.25, 0.3) is 6.08 Å². The molecule has 3 amide bonds. The van der Waals surface area contributed by atoms with Crippen LogP contribution in [0.15, 0.2) is 102 Å². The molecule has 0 aliphatic rings. The molecule has 4 rings (SSSR count). The Morgan fingerprint density at radius 1 is 0.864 bits per heavy atom. The van der Waals surface area contributed by atoms with E-state index in [1.165, 1.54) is 32.1 Å². The smallest absolute Gasteiger partial charge is 0.272 e. The maximum Gasteiger partial charge on any atom is 0.272 e. The van der Waals surface area contributed by atoms with Gasteiger partial charge in [-0.25, -0.2) is 0 Å². The van der Waals surface area contributed by atoms with Crippen LogP contribution in [-0.4, -0.2) is 37.2 Å². The first-order chi connectivity index (χ1) is 21.2. The molecular weight excluding hydrogens is 598 g/mol. The summed E-state index contributed by atoms with van der Waals surface area (Å²) in [7, 11) is 3.02. The van der Waals surface area contributed by atoms with Crippen molar-refractivity contribution in [1.82, 2.24) is 5.32 Å². The van der Waals surface area contributed by atoms with E-state index in [4.69, 9.17) is 21.1 Å². The highest BCUT2D eigenvalue weighted by Gasteiger charge is 2.19. The number of carbonyl (C=O) groups is 3. The molecule has 0 heterocycles. The Labute approximate surface area is 265 Å². The summed E-state index contributed by atoms with van der Waals surface area (Å²) in [4.78, 5) is 40.3. The molecule has 226 valence electrons. The van der Waals surface area contributed by atoms with Crippen molar-refractivity contribution in [2.24, 2.45) is 0 Å². The van der Waals surface area contributed by atoms with E-state index in [0.29, 0.717) is 39.0 Å². The molecule has 0 fully saturated rings. The van der Waals surface area contributed by atoms with Crippen LogP contribution in [-0.2, 0) is 9.59 Å². The summed E-state index contributed by atoms with van der Waals surface area (Å²) in [5, 5.41) is 8.64. The van der Waals surface area contributed by atoms with Gasteiger partial charge in [0.05, 0.1) is 19.5 Å². The molecule has 0 radical (unpaired) electrons. The number of amides is 3. The Morgan fingerprint density at radius 3 is 2.32 bits per heavy atom. The normalized spacial score (nSPS) is 11.7. The lowest BCUT2D eigenvalue weighted by molar-refractivity contribution is -0.115. The van der Waals surface area contributed by atoms with E-state index in [1.54, 1.807) is 91.9 Å². The molecule has 0 aliphatic heterocycles. The van der Waals surface area contributed by atoms with Crippen molar-refractivity contribution in [1.29, 1.82) is 0 Å². The first-order valence-electron chi connectivity index (χ1n) is 13.6. The highest BCUT2D eigenvalue weighted by Crippen LogP contribution is 2.32. The van der Waals surface area contributed by atoms with Crippen LogP contribution in [0.5, 0.6) is 11.5 Å². The first-order valence-corrected chi connectivity index (χ1v) is 14.9. The lowest BCUT2D eigenvalue weighted by Gasteiger charge is -2.15. The zero-order valence-electron chi connectivity index (χ0n) is 24.6. The zero-order valence-corrected chi connectivity index (χ0v) is 26.2. The van der Waals surface area contributed by atoms with Crippen LogP contribution in [0.1, 0.15) is 28.4 Å². The third kappa shape index (κ3) is 8.21. The van der Waals surface area contributed by atoms with Crippen LogP contribution in [0.3, 0.4) is 0 Å². The van der Waals surface area contributed by atoms with Gasteiger partial charge < -0.3 is 25.4 Å². The van der Waals surface area contributed by atoms with Crippen LogP contribution in [0.4, 0.5) is 11.4 Å². The summed E-state index contributed by atoms with van der Waals surface area (Å²) < 4.78 is 10.9. The monoisotopic (exact) mass is 629 g/mol. The predicted molar refractivity (Wildman–Crippen MR) is 177 cm³/mol. The van der Waals surface area contributed by atoms with Gasteiger partial charge in [-0.1, -0.05) is 54.1 Å². The highest BCUT2D eigenvalue weighted by atomic mass is 35.5. The van der Waals surface area contributed by atoms with E-state index in [1.807, 2.05) is 13.0 Å². The number of benzene rings is 4. The van der Waals surface area contributed by atoms with Crippen molar-refractivity contribution in [2.75, 3.05) is 24.9 Å². The van der Waals surface area contributed by atoms with E-state index < -0.39 is 17.1 Å². The van der Waals surface area contributed by atoms with E-state index in [2.05, 4.69) is 16.0 Å². The number of rotatable bonds is 11. The zero-order chi connectivity index (χ0) is 31.6. The van der Waals surface area contributed by atoms with Gasteiger partial charge in [-0.15, -0.1) is 11.8 Å². The van der Waals surface area contributed by atoms with E-state index in [0.717, 1.165) is 10.5 Å². The van der Waals surface area contributed by atoms with Gasteiger partial charge in [0.15, 0.2) is 11.5 Å². The number of hydrogen-bond donors (Lipinski definition) is 3. The molecule has 1 unspecified atom stereocenters. The van der Waals surface area contributed by atoms with Gasteiger partial charge in [0, 0.05) is 32.4 Å². The second-order valence-corrected chi connectivity index (χ2v) is 11.4. The minimum Gasteiger partial charge on any atom is -0.493 e. The molecule has 0 spiro atoms. The second-order valence-electron chi connectivity index (χ2n) is 9.60. The minimum atomic E-state index is -0.552. The lowest BCUT2D eigenvalue weighted by Crippen LogP contribution is -2.30. The average molecular weight is 630 g/mol. The number of nitrogens with one attached hydrogen (secondary N) is 3. The minimum absolute atomic E-state index is 0.00639. The van der Waals surface area contributed by atoms with Crippen molar-refractivity contribution in [3.8, 4) is 11.5 Å². The van der Waals surface area contributed by atoms with Gasteiger partial charge in [0.2, 0.25) is 5.91 Å². The third-order valence-electron chi connectivity index (χ3n) is 6.56. The van der Waals surface area contributed by atoms with Gasteiger partial charge >= 0.3 is 0 Å². The molecule has 1 atom stereocenters. The molecule has 0 bridgehead atoms. The van der Waals surface area contributed by atoms with E-state index >= 15 is 0 Å². The fraction of sp³-hybridized carbons (Fsp3) is 0.147. The summed E-state index contributed by atoms with van der Waals surface area (Å²) in [5.74, 6) is -0.302. The number of anilines is 2. The maximum absolute atomic E-state index is 13.6. The lowest BCUT2D eigenvalue weighted by atomic mass is 10.1. The van der Waals surface area contributed by atoms with Crippen molar-refractivity contribution >= 4 is 58.5 Å². The van der Waals surface area contributed by atoms with Gasteiger partial charge in [-0.3, -0.25) is 14.4 Å². The van der Waals surface area contributed by atoms with Crippen LogP contribution < -0.4 is 25.4 Å². The summed E-state index contributed by atoms with van der Waals surface area (Å²) in [6, 6.07) is 26.3. The Hall–Kier alpha value is -4.73. The number of halogens is 1. The summed E-state index contributed by atoms with van der Waals surface area (Å²) in [6.07, 6.45) is 1.53. The van der Waals surface area contributed by atoms with Crippen molar-refractivity contribution < 1.29 is 23.9 Å². The number of para-hydroxylation sites is 1. The van der Waals surface area contributed by atoms with Gasteiger partial charge in [0.1, 0.15) is 5.70 Å². The van der Waals surface area contributed by atoms with Gasteiger partial charge in [0.25, 0.3) is 11.8 Å². The molecule has 0 aromatic heterocycles. The highest BCUT2D eigenvalue weighted by molar-refractivity contribution is 8.00. The van der Waals surface area contributed by atoms with Crippen molar-refractivity contribution in [3.05, 3.63) is 118 Å². The van der Waals surface area contributed by atoms with E-state index in [9.17, 15) is 14.4 Å². The Balaban J connectivity index is 1.54. The molecule has 0 saturated carbocycles. The number of carbonyl (C=O) groups excluding carboxylic acids is 3. The maximum atomic E-state index is 13.6. The van der Waals surface area contributed by atoms with Crippen LogP contribution in [0.2, 0.25) is 5.02 Å². The van der Waals surface area contributed by atoms with Gasteiger partial charge in [-0.05, 0) is 74.0 Å². The largest absolute Gasteiger partial charge is 0.493 e. The predicted octanol–water partition coefficient (Wildman–Crippen LogP) is 7.19. The number of ether oxygens (including phenoxy) is 2. The average Bonchev–Trinajstić information content (AvgIpc) is 3.03. The molecule has 3 N–H and O–H groups in total. The fourth-order valence-electron chi connectivity index (χ4n) is 4.20. The standard InChI is InChI=1S/C34H32ClN3O5S/c1-21-27(35)16-10-17-28(21)37-32(39)22(2)44-26-15-9-14-25(20-26)36-34(41)29(38-33(40)23-11-6-5-7-12-23)19-24-13-8-18-30(42-3)31(24)43-4/h5-20,22H,1-4H3,(H,36,41)(H,37,39)(H,38,40)/b29-19+. The summed E-state index contributed by atoms with van der Waals surface area (Å²) in [5.41, 5.74) is 2.84. The van der Waals surface area contributed by atoms with Gasteiger partial charge in [-0.2, -0.15) is 0 Å².